The lowest BCUT2D eigenvalue weighted by Crippen LogP contribution is -2.00. The monoisotopic (exact) mass is 636 g/mol. The van der Waals surface area contributed by atoms with Crippen molar-refractivity contribution < 1.29 is 0 Å². The van der Waals surface area contributed by atoms with Gasteiger partial charge in [0.2, 0.25) is 0 Å². The largest absolute Gasteiger partial charge is 0.208 e. The molecule has 0 fully saturated rings. The van der Waals surface area contributed by atoms with Crippen LogP contribution in [0.5, 0.6) is 0 Å². The van der Waals surface area contributed by atoms with Crippen LogP contribution < -0.4 is 0 Å². The molecule has 0 bridgehead atoms. The molecule has 0 amide bonds. The highest BCUT2D eigenvalue weighted by Crippen LogP contribution is 2.38. The molecule has 0 aliphatic rings. The Hall–Kier alpha value is -6.96. The lowest BCUT2D eigenvalue weighted by atomic mass is 9.91. The Morgan fingerprint density at radius 1 is 0.300 bits per heavy atom. The van der Waals surface area contributed by atoms with E-state index in [9.17, 15) is 5.26 Å². The van der Waals surface area contributed by atoms with Crippen molar-refractivity contribution in [3.63, 3.8) is 0 Å². The molecule has 4 heteroatoms. The van der Waals surface area contributed by atoms with Crippen molar-refractivity contribution in [3.8, 4) is 62.5 Å². The van der Waals surface area contributed by atoms with Gasteiger partial charge in [0.1, 0.15) is 0 Å². The van der Waals surface area contributed by atoms with Gasteiger partial charge in [-0.05, 0) is 84.9 Å². The predicted octanol–water partition coefficient (Wildman–Crippen LogP) is 11.5. The summed E-state index contributed by atoms with van der Waals surface area (Å²) in [5.41, 5.74) is 7.29. The van der Waals surface area contributed by atoms with Gasteiger partial charge in [0.05, 0.1) is 11.6 Å². The standard InChI is InChI=1S/C46H28N4/c47-29-30-24-36(27-37(25-30)34-22-23-42-40-20-8-7-18-38(40)39-19-9-10-21-41(39)43(42)28-34)33-16-11-17-35(26-33)46-49-44(31-12-3-1-4-13-31)48-45(50-46)32-14-5-2-6-15-32/h1-28H. The summed E-state index contributed by atoms with van der Waals surface area (Å²) in [6, 6.07) is 60.5. The Kier molecular flexibility index (Phi) is 7.15. The fourth-order valence-corrected chi connectivity index (χ4v) is 6.89. The van der Waals surface area contributed by atoms with Gasteiger partial charge in [0, 0.05) is 16.7 Å². The van der Waals surface area contributed by atoms with Gasteiger partial charge in [0.25, 0.3) is 0 Å². The van der Waals surface area contributed by atoms with E-state index < -0.39 is 0 Å². The highest BCUT2D eigenvalue weighted by molar-refractivity contribution is 6.25. The van der Waals surface area contributed by atoms with Crippen LogP contribution in [0.15, 0.2) is 170 Å². The average Bonchev–Trinajstić information content (AvgIpc) is 3.21. The summed E-state index contributed by atoms with van der Waals surface area (Å²) in [5, 5.41) is 17.5. The zero-order valence-electron chi connectivity index (χ0n) is 27.0. The molecule has 1 aromatic heterocycles. The van der Waals surface area contributed by atoms with Gasteiger partial charge in [-0.15, -0.1) is 0 Å². The van der Waals surface area contributed by atoms with E-state index in [0.717, 1.165) is 38.9 Å². The maximum absolute atomic E-state index is 10.1. The number of fused-ring (bicyclic) bond motifs is 6. The maximum Gasteiger partial charge on any atom is 0.164 e. The van der Waals surface area contributed by atoms with Gasteiger partial charge in [0.15, 0.2) is 17.5 Å². The van der Waals surface area contributed by atoms with E-state index in [1.54, 1.807) is 0 Å². The summed E-state index contributed by atoms with van der Waals surface area (Å²) < 4.78 is 0. The van der Waals surface area contributed by atoms with E-state index in [0.29, 0.717) is 23.0 Å². The molecule has 0 saturated carbocycles. The van der Waals surface area contributed by atoms with Gasteiger partial charge in [-0.1, -0.05) is 140 Å². The van der Waals surface area contributed by atoms with Crippen molar-refractivity contribution in [1.82, 2.24) is 15.0 Å². The van der Waals surface area contributed by atoms with Crippen LogP contribution >= 0.6 is 0 Å². The summed E-state index contributed by atoms with van der Waals surface area (Å²) in [6.07, 6.45) is 0. The van der Waals surface area contributed by atoms with Crippen LogP contribution in [-0.4, -0.2) is 15.0 Å². The number of rotatable bonds is 5. The molecule has 0 aliphatic heterocycles. The fraction of sp³-hybridized carbons (Fsp3) is 0. The topological polar surface area (TPSA) is 62.5 Å². The van der Waals surface area contributed by atoms with Crippen molar-refractivity contribution in [3.05, 3.63) is 175 Å². The molecule has 4 nitrogen and oxygen atoms in total. The summed E-state index contributed by atoms with van der Waals surface area (Å²) in [6.45, 7) is 0. The molecule has 9 aromatic rings. The molecule has 0 atom stereocenters. The first-order valence-corrected chi connectivity index (χ1v) is 16.6. The third-order valence-electron chi connectivity index (χ3n) is 9.29. The summed E-state index contributed by atoms with van der Waals surface area (Å²) >= 11 is 0. The molecule has 0 radical (unpaired) electrons. The molecular formula is C46H28N4. The highest BCUT2D eigenvalue weighted by atomic mass is 15.0. The van der Waals surface area contributed by atoms with Crippen LogP contribution in [0.2, 0.25) is 0 Å². The van der Waals surface area contributed by atoms with Crippen LogP contribution in [0.1, 0.15) is 5.56 Å². The zero-order chi connectivity index (χ0) is 33.4. The summed E-state index contributed by atoms with van der Waals surface area (Å²) in [7, 11) is 0. The second-order valence-electron chi connectivity index (χ2n) is 12.4. The lowest BCUT2D eigenvalue weighted by molar-refractivity contribution is 1.07. The molecule has 0 N–H and O–H groups in total. The first-order chi connectivity index (χ1) is 24.7. The first-order valence-electron chi connectivity index (χ1n) is 16.6. The quantitative estimate of drug-likeness (QED) is 0.176. The third-order valence-corrected chi connectivity index (χ3v) is 9.29. The maximum atomic E-state index is 10.1. The van der Waals surface area contributed by atoms with Gasteiger partial charge in [-0.3, -0.25) is 0 Å². The molecule has 0 saturated heterocycles. The van der Waals surface area contributed by atoms with Crippen LogP contribution in [-0.2, 0) is 0 Å². The van der Waals surface area contributed by atoms with Gasteiger partial charge < -0.3 is 0 Å². The number of hydrogen-bond donors (Lipinski definition) is 0. The number of benzene rings is 8. The van der Waals surface area contributed by atoms with E-state index in [-0.39, 0.29) is 0 Å². The zero-order valence-corrected chi connectivity index (χ0v) is 27.0. The fourth-order valence-electron chi connectivity index (χ4n) is 6.89. The average molecular weight is 637 g/mol. The molecule has 0 spiro atoms. The Morgan fingerprint density at radius 2 is 0.700 bits per heavy atom. The van der Waals surface area contributed by atoms with Gasteiger partial charge in [-0.2, -0.15) is 5.26 Å². The van der Waals surface area contributed by atoms with E-state index in [1.165, 1.54) is 32.3 Å². The Morgan fingerprint density at radius 3 is 1.24 bits per heavy atom. The summed E-state index contributed by atoms with van der Waals surface area (Å²) in [4.78, 5) is 14.7. The Labute approximate surface area is 289 Å². The minimum absolute atomic E-state index is 0.588. The van der Waals surface area contributed by atoms with E-state index in [4.69, 9.17) is 15.0 Å². The second kappa shape index (κ2) is 12.2. The van der Waals surface area contributed by atoms with Crippen molar-refractivity contribution in [2.24, 2.45) is 0 Å². The Bertz CT molecular complexity index is 2670. The van der Waals surface area contributed by atoms with Crippen molar-refractivity contribution in [2.45, 2.75) is 0 Å². The molecule has 1 heterocycles. The minimum atomic E-state index is 0.588. The predicted molar refractivity (Wildman–Crippen MR) is 204 cm³/mol. The van der Waals surface area contributed by atoms with Crippen LogP contribution in [0.3, 0.4) is 0 Å². The minimum Gasteiger partial charge on any atom is -0.208 e. The molecular weight excluding hydrogens is 609 g/mol. The highest BCUT2D eigenvalue weighted by Gasteiger charge is 2.15. The summed E-state index contributed by atoms with van der Waals surface area (Å²) in [5.74, 6) is 1.82. The van der Waals surface area contributed by atoms with E-state index in [1.807, 2.05) is 84.9 Å². The normalized spacial score (nSPS) is 11.2. The van der Waals surface area contributed by atoms with E-state index >= 15 is 0 Å². The number of nitrogens with zero attached hydrogens (tertiary/aromatic N) is 4. The van der Waals surface area contributed by atoms with Crippen LogP contribution in [0, 0.1) is 11.3 Å². The number of aromatic nitrogens is 3. The number of nitriles is 1. The third kappa shape index (κ3) is 5.24. The molecule has 9 rings (SSSR count). The Balaban J connectivity index is 1.17. The van der Waals surface area contributed by atoms with Crippen molar-refractivity contribution in [1.29, 1.82) is 5.26 Å². The van der Waals surface area contributed by atoms with Gasteiger partial charge >= 0.3 is 0 Å². The van der Waals surface area contributed by atoms with Crippen molar-refractivity contribution >= 4 is 32.3 Å². The van der Waals surface area contributed by atoms with Crippen LogP contribution in [0.25, 0.3) is 88.7 Å². The van der Waals surface area contributed by atoms with Gasteiger partial charge in [-0.25, -0.2) is 15.0 Å². The second-order valence-corrected chi connectivity index (χ2v) is 12.4. The van der Waals surface area contributed by atoms with Crippen LogP contribution in [0.4, 0.5) is 0 Å². The smallest absolute Gasteiger partial charge is 0.164 e. The van der Waals surface area contributed by atoms with E-state index in [2.05, 4.69) is 91.0 Å². The molecule has 0 unspecified atom stereocenters. The molecule has 8 aromatic carbocycles. The first kappa shape index (κ1) is 29.2. The number of hydrogen-bond acceptors (Lipinski definition) is 4. The SMILES string of the molecule is N#Cc1cc(-c2cccc(-c3nc(-c4ccccc4)nc(-c4ccccc4)n3)c2)cc(-c2ccc3c4ccccc4c4ccccc4c3c2)c1. The molecule has 232 valence electrons. The molecule has 50 heavy (non-hydrogen) atoms. The lowest BCUT2D eigenvalue weighted by Gasteiger charge is -2.13. The van der Waals surface area contributed by atoms with Crippen molar-refractivity contribution in [2.75, 3.05) is 0 Å². The molecule has 0 aliphatic carbocycles.